The third kappa shape index (κ3) is 4.63. The normalized spacial score (nSPS) is 16.6. The molecule has 6 rings (SSSR count). The molecule has 0 N–H and O–H groups in total. The van der Waals surface area contributed by atoms with Crippen LogP contribution in [0.2, 0.25) is 5.02 Å². The van der Waals surface area contributed by atoms with Gasteiger partial charge in [0.05, 0.1) is 16.4 Å². The van der Waals surface area contributed by atoms with E-state index in [1.807, 2.05) is 4.90 Å². The van der Waals surface area contributed by atoms with Gasteiger partial charge in [-0.3, -0.25) is 14.6 Å². The standard InChI is InChI=1S/C29H22ClF4N5O2/c30-20-12-18(3-4-21(20)31)38-9-5-26(40)29(38)6-10-37(11-7-29)28(41)24-15-25(17-2-1-8-35-16-17)39(36-24)19-13-22(32)27(34)23(33)14-19/h1-4,8,12-16H,5-7,9-11H2. The molecule has 7 nitrogen and oxygen atoms in total. The Bertz CT molecular complexity index is 1650. The van der Waals surface area contributed by atoms with Crippen LogP contribution < -0.4 is 4.90 Å². The van der Waals surface area contributed by atoms with Crippen molar-refractivity contribution in [1.82, 2.24) is 19.7 Å². The molecule has 2 aromatic carbocycles. The second kappa shape index (κ2) is 10.3. The summed E-state index contributed by atoms with van der Waals surface area (Å²) in [5.41, 5.74) is 0.534. The number of halogens is 5. The summed E-state index contributed by atoms with van der Waals surface area (Å²) in [4.78, 5) is 34.3. The first kappa shape index (κ1) is 26.9. The number of piperidine rings is 1. The summed E-state index contributed by atoms with van der Waals surface area (Å²) in [5.74, 6) is -5.33. The second-order valence-corrected chi connectivity index (χ2v) is 10.4. The minimum atomic E-state index is -1.61. The lowest BCUT2D eigenvalue weighted by Gasteiger charge is -2.44. The van der Waals surface area contributed by atoms with Gasteiger partial charge in [-0.2, -0.15) is 5.10 Å². The highest BCUT2D eigenvalue weighted by molar-refractivity contribution is 6.31. The number of pyridine rings is 1. The Morgan fingerprint density at radius 2 is 1.63 bits per heavy atom. The first-order valence-corrected chi connectivity index (χ1v) is 13.3. The van der Waals surface area contributed by atoms with Crippen molar-refractivity contribution in [3.8, 4) is 16.9 Å². The molecule has 12 heteroatoms. The summed E-state index contributed by atoms with van der Waals surface area (Å²) >= 11 is 6.00. The molecule has 2 aliphatic rings. The minimum absolute atomic E-state index is 0.00450. The SMILES string of the molecule is O=C(c1cc(-c2cccnc2)n(-c2cc(F)c(F)c(F)c2)n1)N1CCC2(CC1)C(=O)CCN2c1ccc(F)c(Cl)c1. The number of hydrogen-bond donors (Lipinski definition) is 0. The number of hydrogen-bond acceptors (Lipinski definition) is 5. The quantitative estimate of drug-likeness (QED) is 0.231. The molecule has 0 radical (unpaired) electrons. The fraction of sp³-hybridized carbons (Fsp3) is 0.241. The monoisotopic (exact) mass is 583 g/mol. The van der Waals surface area contributed by atoms with Crippen LogP contribution in [0.4, 0.5) is 23.2 Å². The van der Waals surface area contributed by atoms with Crippen LogP contribution in [0.25, 0.3) is 16.9 Å². The molecule has 2 aromatic heterocycles. The maximum absolute atomic E-state index is 14.1. The predicted molar refractivity (Wildman–Crippen MR) is 143 cm³/mol. The Kier molecular flexibility index (Phi) is 6.77. The molecule has 2 saturated heterocycles. The molecule has 4 aromatic rings. The largest absolute Gasteiger partial charge is 0.358 e. The summed E-state index contributed by atoms with van der Waals surface area (Å²) in [6, 6.07) is 10.8. The van der Waals surface area contributed by atoms with Gasteiger partial charge in [0.15, 0.2) is 28.9 Å². The number of likely N-dealkylation sites (tertiary alicyclic amines) is 1. The summed E-state index contributed by atoms with van der Waals surface area (Å²) in [6.45, 7) is 0.939. The van der Waals surface area contributed by atoms with Crippen LogP contribution in [-0.2, 0) is 4.79 Å². The van der Waals surface area contributed by atoms with E-state index >= 15 is 0 Å². The van der Waals surface area contributed by atoms with E-state index in [9.17, 15) is 27.2 Å². The number of carbonyl (C=O) groups is 2. The molecule has 2 aliphatic heterocycles. The predicted octanol–water partition coefficient (Wildman–Crippen LogP) is 5.60. The summed E-state index contributed by atoms with van der Waals surface area (Å²) in [7, 11) is 0. The molecule has 210 valence electrons. The molecule has 1 amide bonds. The van der Waals surface area contributed by atoms with Crippen LogP contribution in [0.5, 0.6) is 0 Å². The Morgan fingerprint density at radius 1 is 0.902 bits per heavy atom. The van der Waals surface area contributed by atoms with Gasteiger partial charge in [0.1, 0.15) is 11.4 Å². The lowest BCUT2D eigenvalue weighted by atomic mass is 9.83. The maximum Gasteiger partial charge on any atom is 0.274 e. The number of benzene rings is 2. The molecule has 0 aliphatic carbocycles. The summed E-state index contributed by atoms with van der Waals surface area (Å²) in [6.07, 6.45) is 4.07. The second-order valence-electron chi connectivity index (χ2n) is 10.0. The maximum atomic E-state index is 14.1. The van der Waals surface area contributed by atoms with Crippen molar-refractivity contribution >= 4 is 29.0 Å². The van der Waals surface area contributed by atoms with E-state index in [2.05, 4.69) is 10.1 Å². The van der Waals surface area contributed by atoms with Crippen LogP contribution in [0.3, 0.4) is 0 Å². The fourth-order valence-corrected chi connectivity index (χ4v) is 5.87. The van der Waals surface area contributed by atoms with Crippen molar-refractivity contribution in [3.05, 3.63) is 94.9 Å². The van der Waals surface area contributed by atoms with Gasteiger partial charge in [0.2, 0.25) is 0 Å². The number of ketones is 1. The van der Waals surface area contributed by atoms with E-state index < -0.39 is 34.7 Å². The third-order valence-corrected chi connectivity index (χ3v) is 8.08. The minimum Gasteiger partial charge on any atom is -0.358 e. The van der Waals surface area contributed by atoms with Crippen molar-refractivity contribution in [3.63, 3.8) is 0 Å². The van der Waals surface area contributed by atoms with Crippen molar-refractivity contribution in [2.24, 2.45) is 0 Å². The Balaban J connectivity index is 1.29. The summed E-state index contributed by atoms with van der Waals surface area (Å²) in [5, 5.41) is 4.31. The van der Waals surface area contributed by atoms with Gasteiger partial charge < -0.3 is 9.80 Å². The lowest BCUT2D eigenvalue weighted by molar-refractivity contribution is -0.123. The number of Topliss-reactive ketones (excluding diaryl/α,β-unsaturated/α-hetero) is 1. The first-order valence-electron chi connectivity index (χ1n) is 12.9. The van der Waals surface area contributed by atoms with E-state index in [-0.39, 0.29) is 35.3 Å². The first-order chi connectivity index (χ1) is 19.7. The highest BCUT2D eigenvalue weighted by Crippen LogP contribution is 2.40. The van der Waals surface area contributed by atoms with Crippen molar-refractivity contribution in [1.29, 1.82) is 0 Å². The molecule has 0 unspecified atom stereocenters. The van der Waals surface area contributed by atoms with E-state index in [1.165, 1.54) is 29.1 Å². The number of rotatable bonds is 4. The number of nitrogens with zero attached hydrogens (tertiary/aromatic N) is 5. The average molecular weight is 584 g/mol. The van der Waals surface area contributed by atoms with E-state index in [0.717, 1.165) is 12.1 Å². The highest BCUT2D eigenvalue weighted by Gasteiger charge is 2.50. The Labute approximate surface area is 237 Å². The molecule has 4 heterocycles. The highest BCUT2D eigenvalue weighted by atomic mass is 35.5. The van der Waals surface area contributed by atoms with Crippen LogP contribution in [0.15, 0.2) is 60.9 Å². The van der Waals surface area contributed by atoms with Crippen molar-refractivity contribution in [2.75, 3.05) is 24.5 Å². The van der Waals surface area contributed by atoms with Gasteiger partial charge in [-0.25, -0.2) is 22.2 Å². The van der Waals surface area contributed by atoms with E-state index in [4.69, 9.17) is 11.6 Å². The van der Waals surface area contributed by atoms with Gasteiger partial charge in [-0.15, -0.1) is 0 Å². The molecule has 0 saturated carbocycles. The Hall–Kier alpha value is -4.25. The van der Waals surface area contributed by atoms with Crippen molar-refractivity contribution in [2.45, 2.75) is 24.8 Å². The number of amides is 1. The molecular formula is C29H22ClF4N5O2. The van der Waals surface area contributed by atoms with E-state index in [0.29, 0.717) is 42.8 Å². The molecule has 2 fully saturated rings. The van der Waals surface area contributed by atoms with Gasteiger partial charge in [0.25, 0.3) is 5.91 Å². The molecule has 41 heavy (non-hydrogen) atoms. The lowest BCUT2D eigenvalue weighted by Crippen LogP contribution is -2.56. The number of anilines is 1. The molecule has 0 atom stereocenters. The van der Waals surface area contributed by atoms with Gasteiger partial charge in [-0.05, 0) is 49.2 Å². The average Bonchev–Trinajstić information content (AvgIpc) is 3.56. The molecule has 1 spiro atoms. The van der Waals surface area contributed by atoms with E-state index in [1.54, 1.807) is 29.3 Å². The van der Waals surface area contributed by atoms with Crippen LogP contribution in [-0.4, -0.2) is 56.5 Å². The Morgan fingerprint density at radius 3 is 2.29 bits per heavy atom. The van der Waals surface area contributed by atoms with Crippen LogP contribution in [0.1, 0.15) is 29.8 Å². The third-order valence-electron chi connectivity index (χ3n) is 7.79. The fourth-order valence-electron chi connectivity index (χ4n) is 5.70. The van der Waals surface area contributed by atoms with Crippen LogP contribution in [0, 0.1) is 23.3 Å². The van der Waals surface area contributed by atoms with Crippen molar-refractivity contribution < 1.29 is 27.2 Å². The zero-order chi connectivity index (χ0) is 28.9. The smallest absolute Gasteiger partial charge is 0.274 e. The molecular weight excluding hydrogens is 562 g/mol. The number of aromatic nitrogens is 3. The number of carbonyl (C=O) groups excluding carboxylic acids is 2. The topological polar surface area (TPSA) is 71.3 Å². The van der Waals surface area contributed by atoms with Gasteiger partial charge >= 0.3 is 0 Å². The molecule has 0 bridgehead atoms. The van der Waals surface area contributed by atoms with Crippen LogP contribution >= 0.6 is 11.6 Å². The zero-order valence-corrected chi connectivity index (χ0v) is 22.2. The van der Waals surface area contributed by atoms with Gasteiger partial charge in [-0.1, -0.05) is 11.6 Å². The van der Waals surface area contributed by atoms with Gasteiger partial charge in [0, 0.05) is 61.8 Å². The summed E-state index contributed by atoms with van der Waals surface area (Å²) < 4.78 is 56.8. The zero-order valence-electron chi connectivity index (χ0n) is 21.5.